The maximum absolute atomic E-state index is 10.7. The Labute approximate surface area is 121 Å². The van der Waals surface area contributed by atoms with Crippen molar-refractivity contribution in [2.45, 2.75) is 46.0 Å². The van der Waals surface area contributed by atoms with E-state index in [1.807, 2.05) is 19.1 Å². The zero-order valence-electron chi connectivity index (χ0n) is 12.3. The fourth-order valence-corrected chi connectivity index (χ4v) is 2.53. The minimum atomic E-state index is -3.31. The molecule has 0 aromatic carbocycles. The summed E-state index contributed by atoms with van der Waals surface area (Å²) in [5.41, 5.74) is 1.98. The van der Waals surface area contributed by atoms with Gasteiger partial charge in [-0.25, -0.2) is 13.6 Å². The lowest BCUT2D eigenvalue weighted by atomic mass is 10.2. The smallest absolute Gasteiger partial charge is 0.209 e. The number of sulfonamides is 1. The van der Waals surface area contributed by atoms with Gasteiger partial charge in [-0.05, 0) is 38.3 Å². The van der Waals surface area contributed by atoms with E-state index in [-0.39, 0.29) is 5.75 Å². The van der Waals surface area contributed by atoms with E-state index in [2.05, 4.69) is 11.9 Å². The van der Waals surface area contributed by atoms with Crippen LogP contribution in [0.25, 0.3) is 0 Å². The van der Waals surface area contributed by atoms with Crippen molar-refractivity contribution >= 4 is 10.0 Å². The third kappa shape index (κ3) is 6.86. The first-order valence-electron chi connectivity index (χ1n) is 7.02. The SMILES string of the molecule is CCc1nc(C)ccc1OCCCCCCS(N)(=O)=O. The lowest BCUT2D eigenvalue weighted by Crippen LogP contribution is -2.16. The molecule has 114 valence electrons. The Balaban J connectivity index is 2.21. The van der Waals surface area contributed by atoms with Crippen LogP contribution in [0, 0.1) is 6.92 Å². The van der Waals surface area contributed by atoms with E-state index in [0.717, 1.165) is 42.8 Å². The summed E-state index contributed by atoms with van der Waals surface area (Å²) in [6.07, 6.45) is 4.17. The summed E-state index contributed by atoms with van der Waals surface area (Å²) in [6, 6.07) is 3.91. The Morgan fingerprint density at radius 3 is 2.55 bits per heavy atom. The number of ether oxygens (including phenoxy) is 1. The lowest BCUT2D eigenvalue weighted by molar-refractivity contribution is 0.300. The van der Waals surface area contributed by atoms with Crippen molar-refractivity contribution in [1.29, 1.82) is 0 Å². The van der Waals surface area contributed by atoms with Gasteiger partial charge in [0.05, 0.1) is 18.1 Å². The molecule has 5 nitrogen and oxygen atoms in total. The number of unbranched alkanes of at least 4 members (excludes halogenated alkanes) is 3. The van der Waals surface area contributed by atoms with Crippen molar-refractivity contribution in [2.75, 3.05) is 12.4 Å². The molecule has 0 spiro atoms. The summed E-state index contributed by atoms with van der Waals surface area (Å²) >= 11 is 0. The van der Waals surface area contributed by atoms with Gasteiger partial charge in [0.15, 0.2) is 0 Å². The lowest BCUT2D eigenvalue weighted by Gasteiger charge is -2.10. The molecule has 6 heteroatoms. The van der Waals surface area contributed by atoms with E-state index in [1.165, 1.54) is 0 Å². The summed E-state index contributed by atoms with van der Waals surface area (Å²) in [7, 11) is -3.31. The average Bonchev–Trinajstić information content (AvgIpc) is 2.37. The highest BCUT2D eigenvalue weighted by atomic mass is 32.2. The fraction of sp³-hybridized carbons (Fsp3) is 0.643. The number of nitrogens with zero attached hydrogens (tertiary/aromatic N) is 1. The Bertz CT molecular complexity index is 515. The fourth-order valence-electron chi connectivity index (χ4n) is 1.92. The third-order valence-corrected chi connectivity index (χ3v) is 3.85. The zero-order valence-corrected chi connectivity index (χ0v) is 13.1. The first-order valence-corrected chi connectivity index (χ1v) is 8.73. The van der Waals surface area contributed by atoms with E-state index in [1.54, 1.807) is 0 Å². The molecule has 0 aliphatic rings. The molecule has 0 aliphatic carbocycles. The third-order valence-electron chi connectivity index (χ3n) is 2.99. The Morgan fingerprint density at radius 2 is 1.90 bits per heavy atom. The highest BCUT2D eigenvalue weighted by Gasteiger charge is 2.04. The molecular weight excluding hydrogens is 276 g/mol. The molecule has 0 saturated heterocycles. The second-order valence-electron chi connectivity index (χ2n) is 4.88. The monoisotopic (exact) mass is 300 g/mol. The molecule has 1 heterocycles. The first-order chi connectivity index (χ1) is 9.42. The maximum atomic E-state index is 10.7. The topological polar surface area (TPSA) is 82.3 Å². The van der Waals surface area contributed by atoms with Gasteiger partial charge in [0.2, 0.25) is 10.0 Å². The van der Waals surface area contributed by atoms with Crippen molar-refractivity contribution in [1.82, 2.24) is 4.98 Å². The summed E-state index contributed by atoms with van der Waals surface area (Å²) in [4.78, 5) is 4.44. The van der Waals surface area contributed by atoms with Crippen LogP contribution in [-0.2, 0) is 16.4 Å². The van der Waals surface area contributed by atoms with Crippen LogP contribution >= 0.6 is 0 Å². The predicted molar refractivity (Wildman–Crippen MR) is 80.3 cm³/mol. The van der Waals surface area contributed by atoms with Gasteiger partial charge in [-0.2, -0.15) is 0 Å². The van der Waals surface area contributed by atoms with Gasteiger partial charge in [-0.3, -0.25) is 4.98 Å². The van der Waals surface area contributed by atoms with E-state index < -0.39 is 10.0 Å². The molecule has 0 amide bonds. The largest absolute Gasteiger partial charge is 0.492 e. The minimum absolute atomic E-state index is 0.0652. The Kier molecular flexibility index (Phi) is 6.95. The molecule has 0 atom stereocenters. The number of hydrogen-bond acceptors (Lipinski definition) is 4. The van der Waals surface area contributed by atoms with Crippen LogP contribution in [0.15, 0.2) is 12.1 Å². The van der Waals surface area contributed by atoms with E-state index in [0.29, 0.717) is 13.0 Å². The summed E-state index contributed by atoms with van der Waals surface area (Å²) in [5.74, 6) is 0.915. The quantitative estimate of drug-likeness (QED) is 0.709. The van der Waals surface area contributed by atoms with Crippen LogP contribution in [0.4, 0.5) is 0 Å². The van der Waals surface area contributed by atoms with Crippen molar-refractivity contribution in [3.63, 3.8) is 0 Å². The normalized spacial score (nSPS) is 11.6. The van der Waals surface area contributed by atoms with Crippen LogP contribution in [0.3, 0.4) is 0 Å². The average molecular weight is 300 g/mol. The summed E-state index contributed by atoms with van der Waals surface area (Å²) < 4.78 is 27.2. The summed E-state index contributed by atoms with van der Waals surface area (Å²) in [5, 5.41) is 4.94. The molecule has 0 fully saturated rings. The predicted octanol–water partition coefficient (Wildman–Crippen LogP) is 2.18. The van der Waals surface area contributed by atoms with Gasteiger partial charge >= 0.3 is 0 Å². The molecule has 0 bridgehead atoms. The molecule has 0 aliphatic heterocycles. The number of aryl methyl sites for hydroxylation is 2. The molecule has 1 rings (SSSR count). The number of nitrogens with two attached hydrogens (primary N) is 1. The molecule has 0 saturated carbocycles. The van der Waals surface area contributed by atoms with E-state index >= 15 is 0 Å². The molecule has 0 unspecified atom stereocenters. The van der Waals surface area contributed by atoms with Gasteiger partial charge in [-0.1, -0.05) is 19.8 Å². The molecule has 20 heavy (non-hydrogen) atoms. The first kappa shape index (κ1) is 16.9. The Hall–Kier alpha value is -1.14. The maximum Gasteiger partial charge on any atom is 0.209 e. The molecular formula is C14H24N2O3S. The van der Waals surface area contributed by atoms with Crippen molar-refractivity contribution < 1.29 is 13.2 Å². The number of aromatic nitrogens is 1. The second-order valence-corrected chi connectivity index (χ2v) is 6.61. The van der Waals surface area contributed by atoms with Gasteiger partial charge in [0.1, 0.15) is 5.75 Å². The van der Waals surface area contributed by atoms with Crippen molar-refractivity contribution in [3.8, 4) is 5.75 Å². The minimum Gasteiger partial charge on any atom is -0.492 e. The molecule has 0 radical (unpaired) electrons. The van der Waals surface area contributed by atoms with Crippen molar-refractivity contribution in [2.24, 2.45) is 5.14 Å². The van der Waals surface area contributed by atoms with Crippen molar-refractivity contribution in [3.05, 3.63) is 23.5 Å². The molecule has 1 aromatic heterocycles. The highest BCUT2D eigenvalue weighted by molar-refractivity contribution is 7.89. The number of rotatable bonds is 9. The zero-order chi connectivity index (χ0) is 15.0. The van der Waals surface area contributed by atoms with Crippen LogP contribution in [0.2, 0.25) is 0 Å². The van der Waals surface area contributed by atoms with Gasteiger partial charge in [-0.15, -0.1) is 0 Å². The standard InChI is InChI=1S/C14H24N2O3S/c1-3-13-14(9-8-12(2)16-13)19-10-6-4-5-7-11-20(15,17)18/h8-9H,3-7,10-11H2,1-2H3,(H2,15,17,18). The number of primary sulfonamides is 1. The van der Waals surface area contributed by atoms with Crippen LogP contribution in [-0.4, -0.2) is 25.8 Å². The molecule has 2 N–H and O–H groups in total. The Morgan fingerprint density at radius 1 is 1.20 bits per heavy atom. The van der Waals surface area contributed by atoms with Crippen LogP contribution in [0.5, 0.6) is 5.75 Å². The number of pyridine rings is 1. The molecule has 1 aromatic rings. The van der Waals surface area contributed by atoms with Gasteiger partial charge in [0.25, 0.3) is 0 Å². The van der Waals surface area contributed by atoms with Crippen LogP contribution < -0.4 is 9.88 Å². The van der Waals surface area contributed by atoms with Gasteiger partial charge in [0, 0.05) is 5.69 Å². The second kappa shape index (κ2) is 8.21. The van der Waals surface area contributed by atoms with Crippen LogP contribution in [0.1, 0.15) is 44.0 Å². The highest BCUT2D eigenvalue weighted by Crippen LogP contribution is 2.17. The van der Waals surface area contributed by atoms with E-state index in [9.17, 15) is 8.42 Å². The number of hydrogen-bond donors (Lipinski definition) is 1. The van der Waals surface area contributed by atoms with E-state index in [4.69, 9.17) is 9.88 Å². The van der Waals surface area contributed by atoms with Gasteiger partial charge < -0.3 is 4.74 Å². The summed E-state index contributed by atoms with van der Waals surface area (Å²) in [6.45, 7) is 4.66.